The third-order valence-corrected chi connectivity index (χ3v) is 28.3. The SMILES string of the molecule is CC(=O)C(C)C.CC(C)C(C)CO.CC(C)C(O)C(O)C(C)CO.CC(C)C1C(O)OC(CO)C(O)C1O.CC(C)N(C)C.CC(C)N1CCC1.CC(C)[N+](C)(C)C.CCC(O)C(O)C(C)C.CCC1OC(C(C)C)C(O)C(O)C1O.CNC(C)C.COC(=O)C1OC(C(C)C)C(O)C(O)C1O.COC1OC(C(C)C)C(O)C(O)C1O.COCCOC(C)C.COP(C)(=O)C(C)C.COS(=O)(=O)C(C)C. The Bertz CT molecular complexity index is 2940. The minimum Gasteiger partial charge on any atom is -0.467 e. The molecule has 5 fully saturated rings. The third kappa shape index (κ3) is 72.5. The van der Waals surface area contributed by atoms with Gasteiger partial charge < -0.3 is 159 Å². The monoisotopic (exact) mass is 2090 g/mol. The van der Waals surface area contributed by atoms with Crippen LogP contribution in [0.25, 0.3) is 0 Å². The number of nitrogens with zero attached hydrogens (tertiary/aromatic N) is 3. The zero-order valence-electron chi connectivity index (χ0n) is 96.1. The number of aliphatic hydroxyl groups is 19. The minimum absolute atomic E-state index is 0.00528. The number of carbonyl (C=O) groups is 2. The fourth-order valence-corrected chi connectivity index (χ4v) is 11.3. The highest BCUT2D eigenvalue weighted by molar-refractivity contribution is 7.87. The quantitative estimate of drug-likeness (QED) is 0.0116. The number of hydrogen-bond acceptors (Lipinski definition) is 37. The van der Waals surface area contributed by atoms with Gasteiger partial charge in [0.25, 0.3) is 10.1 Å². The van der Waals surface area contributed by atoms with Crippen LogP contribution in [-0.2, 0) is 70.9 Å². The summed E-state index contributed by atoms with van der Waals surface area (Å²) < 4.78 is 82.3. The lowest BCUT2D eigenvalue weighted by Crippen LogP contribution is -2.61. The maximum atomic E-state index is 11.3. The number of quaternary nitrogens is 1. The lowest BCUT2D eigenvalue weighted by Gasteiger charge is -2.42. The maximum Gasteiger partial charge on any atom is 0.337 e. The van der Waals surface area contributed by atoms with E-state index in [0.717, 1.165) is 23.7 Å². The van der Waals surface area contributed by atoms with Gasteiger partial charge in [0.15, 0.2) is 18.7 Å². The number of nitrogens with one attached hydrogen (secondary N) is 1. The molecule has 140 heavy (non-hydrogen) atoms. The molecule has 27 unspecified atom stereocenters. The molecule has 5 heterocycles. The molecule has 5 saturated heterocycles. The van der Waals surface area contributed by atoms with E-state index in [1.54, 1.807) is 55.3 Å². The van der Waals surface area contributed by atoms with Crippen molar-refractivity contribution in [2.75, 3.05) is 131 Å². The van der Waals surface area contributed by atoms with E-state index in [9.17, 15) is 94.1 Å². The van der Waals surface area contributed by atoms with Crippen LogP contribution in [0.2, 0.25) is 0 Å². The van der Waals surface area contributed by atoms with E-state index < -0.39 is 176 Å². The number of rotatable bonds is 30. The van der Waals surface area contributed by atoms with Gasteiger partial charge in [0.2, 0.25) is 7.37 Å². The Morgan fingerprint density at radius 1 is 0.514 bits per heavy atom. The van der Waals surface area contributed by atoms with Gasteiger partial charge in [0.1, 0.15) is 72.9 Å². The van der Waals surface area contributed by atoms with Gasteiger partial charge in [0.05, 0.1) is 128 Å². The number of aliphatic hydroxyl groups excluding tert-OH is 19. The summed E-state index contributed by atoms with van der Waals surface area (Å²) in [6, 6.07) is 2.84. The van der Waals surface area contributed by atoms with Crippen molar-refractivity contribution in [3.63, 3.8) is 0 Å². The molecule has 856 valence electrons. The molecule has 0 amide bonds. The summed E-state index contributed by atoms with van der Waals surface area (Å²) in [6.45, 7) is 73.3. The largest absolute Gasteiger partial charge is 0.467 e. The lowest BCUT2D eigenvalue weighted by atomic mass is 9.83. The number of Topliss-reactive ketones (excluding diaryl/α,β-unsaturated/α-hetero) is 1. The van der Waals surface area contributed by atoms with Crippen LogP contribution in [0.3, 0.4) is 0 Å². The van der Waals surface area contributed by atoms with E-state index in [0.29, 0.717) is 62.7 Å². The molecule has 27 atom stereocenters. The number of methoxy groups -OCH3 is 3. The molecule has 0 bridgehead atoms. The normalized spacial score (nSPS) is 26.7. The lowest BCUT2D eigenvalue weighted by molar-refractivity contribution is -0.891. The molecule has 5 aliphatic heterocycles. The summed E-state index contributed by atoms with van der Waals surface area (Å²) in [5.74, 6) is 0.262. The first-order chi connectivity index (χ1) is 63.7. The third-order valence-electron chi connectivity index (χ3n) is 24.0. The summed E-state index contributed by atoms with van der Waals surface area (Å²) in [5.41, 5.74) is 0.146. The van der Waals surface area contributed by atoms with Crippen LogP contribution in [-0.4, -0.2) is 444 Å². The first-order valence-corrected chi connectivity index (χ1v) is 53.7. The Morgan fingerprint density at radius 2 is 0.893 bits per heavy atom. The van der Waals surface area contributed by atoms with Gasteiger partial charge in [-0.2, -0.15) is 8.42 Å². The van der Waals surface area contributed by atoms with E-state index >= 15 is 0 Å². The molecule has 20 N–H and O–H groups in total. The summed E-state index contributed by atoms with van der Waals surface area (Å²) in [7, 11) is 14.1. The van der Waals surface area contributed by atoms with Crippen molar-refractivity contribution in [1.29, 1.82) is 0 Å². The summed E-state index contributed by atoms with van der Waals surface area (Å²) in [4.78, 5) is 26.1. The molecule has 5 aliphatic rings. The highest BCUT2D eigenvalue weighted by Gasteiger charge is 2.50. The van der Waals surface area contributed by atoms with Crippen molar-refractivity contribution in [1.82, 2.24) is 15.1 Å². The van der Waals surface area contributed by atoms with Crippen molar-refractivity contribution < 1.29 is 171 Å². The average Bonchev–Trinajstić information content (AvgIpc) is 0.804. The topological polar surface area (TPSA) is 581 Å². The molecule has 5 rings (SSSR count). The molecule has 0 aliphatic carbocycles. The average molecular weight is 2090 g/mol. The summed E-state index contributed by atoms with van der Waals surface area (Å²) in [6.07, 6.45) is -18.7. The fraction of sp³-hybridized carbons (Fsp3) is 0.980. The van der Waals surface area contributed by atoms with E-state index in [1.165, 1.54) is 40.8 Å². The molecular formula is C100H222N4O34PS+. The van der Waals surface area contributed by atoms with Gasteiger partial charge in [0, 0.05) is 82.7 Å². The highest BCUT2D eigenvalue weighted by Crippen LogP contribution is 2.46. The molecule has 0 radical (unpaired) electrons. The number of esters is 1. The Hall–Kier alpha value is -1.96. The predicted octanol–water partition coefficient (Wildman–Crippen LogP) is 6.77. The minimum atomic E-state index is -3.24. The molecule has 0 aromatic carbocycles. The molecule has 0 aromatic rings. The van der Waals surface area contributed by atoms with Gasteiger partial charge in [-0.1, -0.05) is 166 Å². The maximum absolute atomic E-state index is 11.3. The molecule has 0 spiro atoms. The predicted molar refractivity (Wildman–Crippen MR) is 556 cm³/mol. The van der Waals surface area contributed by atoms with E-state index in [2.05, 4.69) is 129 Å². The Kier molecular flexibility index (Phi) is 96.8. The zero-order chi connectivity index (χ0) is 113. The second-order valence-corrected chi connectivity index (χ2v) is 47.2. The molecule has 0 aromatic heterocycles. The highest BCUT2D eigenvalue weighted by atomic mass is 32.2. The summed E-state index contributed by atoms with van der Waals surface area (Å²) >= 11 is 0. The Morgan fingerprint density at radius 3 is 1.11 bits per heavy atom. The Labute approximate surface area is 850 Å². The van der Waals surface area contributed by atoms with Crippen molar-refractivity contribution in [2.24, 2.45) is 65.1 Å². The van der Waals surface area contributed by atoms with Crippen LogP contribution < -0.4 is 5.32 Å². The second-order valence-electron chi connectivity index (χ2n) is 41.8. The summed E-state index contributed by atoms with van der Waals surface area (Å²) in [5, 5.41) is 180. The van der Waals surface area contributed by atoms with Crippen LogP contribution >= 0.6 is 7.37 Å². The van der Waals surface area contributed by atoms with Crippen molar-refractivity contribution >= 4 is 29.2 Å². The smallest absolute Gasteiger partial charge is 0.337 e. The van der Waals surface area contributed by atoms with Gasteiger partial charge in [-0.25, -0.2) is 4.79 Å². The van der Waals surface area contributed by atoms with E-state index in [1.807, 2.05) is 139 Å². The van der Waals surface area contributed by atoms with Gasteiger partial charge in [-0.3, -0.25) is 13.5 Å². The zero-order valence-corrected chi connectivity index (χ0v) is 97.8. The van der Waals surface area contributed by atoms with Gasteiger partial charge in [-0.05, 0) is 177 Å². The van der Waals surface area contributed by atoms with Crippen LogP contribution in [0, 0.1) is 65.1 Å². The number of carbonyl (C=O) groups excluding carboxylic acids is 2. The Balaban J connectivity index is -0.000000164. The number of likely N-dealkylation sites (tertiary alicyclic amines) is 1. The standard InChI is InChI=1S/C10H18O6.C10H20O4.2C9H18O5.C8H18O3.C7H16O2.C6H13N.C6H16N.C6H14O2.C6H14O.C5H13N.C5H13O2P.C5H10O.C4H11N.C4H10O3S/c1-4(2)8-6(12)5(11)7(13)9(16-8)10(14)15-3;1-4-6-7(11)8(12)9(13)10(14-6)5(2)3;1-4(2)8-6(11)5(10)7(12)9(13-3)14-8;1-4(2)6-8(12)7(11)5(3-10)14-9(6)13;1-5(2)7(10)8(11)6(3)4-9;1-4-6(8)7(9)5(2)3;1-6(2)7-4-3-5-7;1-6(2)7(3,4)5;1-6(2)8-5-4-7-3;1-5(2)6(3)4-7;1-5(2)6(3)4;1-5(2)8(4,6)7-3;1-4(2)5(3)6;1-4(2)5-3;1-4(2)8(5,6)7-3/h4-9,11-13H,1-3H3;5-13H,4H2,1-3H3;4-12H,1-3H3;4-13H,3H2,1-2H3;5-11H,4H2,1-3H3;5-9H,4H2,1-3H3;6H,3-5H2,1-2H3;6H,1-5H3;6H,4-5H2,1-3H3;5-7H,4H2,1-3H3;5H,1-4H3;5H,1-4H3;4H,1-3H3;4-5H,1-3H3;4H,1-3H3/q;;;;;;;+1;;;;;;;. The van der Waals surface area contributed by atoms with Crippen molar-refractivity contribution in [3.05, 3.63) is 0 Å². The van der Waals surface area contributed by atoms with Crippen LogP contribution in [0.4, 0.5) is 0 Å². The van der Waals surface area contributed by atoms with Crippen LogP contribution in [0.1, 0.15) is 262 Å². The number of ketones is 1. The van der Waals surface area contributed by atoms with Crippen LogP contribution in [0.15, 0.2) is 0 Å². The van der Waals surface area contributed by atoms with E-state index in [-0.39, 0.29) is 71.5 Å². The van der Waals surface area contributed by atoms with Gasteiger partial charge in [-0.15, -0.1) is 0 Å². The van der Waals surface area contributed by atoms with Crippen molar-refractivity contribution in [3.8, 4) is 0 Å². The molecule has 38 nitrogen and oxygen atoms in total. The van der Waals surface area contributed by atoms with Crippen LogP contribution in [0.5, 0.6) is 0 Å². The molecule has 40 heteroatoms. The fourth-order valence-electron chi connectivity index (χ4n) is 10.5. The van der Waals surface area contributed by atoms with Crippen molar-refractivity contribution in [2.45, 2.75) is 444 Å². The second kappa shape index (κ2) is 85.7. The van der Waals surface area contributed by atoms with Gasteiger partial charge >= 0.3 is 5.97 Å². The number of hydrogen-bond donors (Lipinski definition) is 20. The molecule has 0 saturated carbocycles. The molecular weight excluding hydrogens is 1860 g/mol. The first kappa shape index (κ1) is 158. The van der Waals surface area contributed by atoms with E-state index in [4.69, 9.17) is 63.2 Å². The first-order valence-electron chi connectivity index (χ1n) is 50.1. The number of ether oxygens (including phenoxy) is 8.